The van der Waals surface area contributed by atoms with E-state index in [1.165, 1.54) is 12.1 Å². The normalized spacial score (nSPS) is 16.5. The van der Waals surface area contributed by atoms with Crippen LogP contribution >= 0.6 is 0 Å². The van der Waals surface area contributed by atoms with E-state index in [-0.39, 0.29) is 17.8 Å². The van der Waals surface area contributed by atoms with Crippen molar-refractivity contribution in [2.75, 3.05) is 26.3 Å². The van der Waals surface area contributed by atoms with Gasteiger partial charge in [-0.2, -0.15) is 10.1 Å². The lowest BCUT2D eigenvalue weighted by molar-refractivity contribution is -0.139. The number of aromatic amines is 1. The molecule has 1 fully saturated rings. The van der Waals surface area contributed by atoms with Crippen molar-refractivity contribution in [1.82, 2.24) is 25.2 Å². The monoisotopic (exact) mass is 429 g/mol. The Morgan fingerprint density at radius 3 is 3.06 bits per heavy atom. The SMILES string of the molecule is Cc1noc(CCC(=O)N2CCOC(c3cc(CCOc4cccc(F)c4)[nH]n3)C2)n1. The Morgan fingerprint density at radius 1 is 1.35 bits per heavy atom. The van der Waals surface area contributed by atoms with E-state index in [9.17, 15) is 9.18 Å². The van der Waals surface area contributed by atoms with Crippen molar-refractivity contribution in [1.29, 1.82) is 0 Å². The number of halogens is 1. The lowest BCUT2D eigenvalue weighted by atomic mass is 10.1. The first-order valence-electron chi connectivity index (χ1n) is 10.2. The summed E-state index contributed by atoms with van der Waals surface area (Å²) in [7, 11) is 0. The van der Waals surface area contributed by atoms with Crippen molar-refractivity contribution in [2.24, 2.45) is 0 Å². The summed E-state index contributed by atoms with van der Waals surface area (Å²) in [5.41, 5.74) is 1.62. The number of morpholine rings is 1. The minimum absolute atomic E-state index is 0.0170. The average molecular weight is 429 g/mol. The van der Waals surface area contributed by atoms with E-state index in [1.54, 1.807) is 24.0 Å². The van der Waals surface area contributed by atoms with Crippen LogP contribution in [0.15, 0.2) is 34.9 Å². The summed E-state index contributed by atoms with van der Waals surface area (Å²) in [4.78, 5) is 18.5. The molecule has 2 aromatic heterocycles. The van der Waals surface area contributed by atoms with Crippen LogP contribution in [0.5, 0.6) is 5.75 Å². The third-order valence-corrected chi connectivity index (χ3v) is 4.96. The van der Waals surface area contributed by atoms with Gasteiger partial charge in [0.15, 0.2) is 5.82 Å². The maximum absolute atomic E-state index is 13.2. The zero-order valence-corrected chi connectivity index (χ0v) is 17.2. The average Bonchev–Trinajstić information content (AvgIpc) is 3.41. The molecule has 3 aromatic rings. The summed E-state index contributed by atoms with van der Waals surface area (Å²) in [5.74, 6) is 1.20. The zero-order chi connectivity index (χ0) is 21.6. The standard InChI is InChI=1S/C21H24FN5O4/c1-14-23-20(31-26-14)5-6-21(28)27-8-10-30-19(13-27)18-12-16(24-25-18)7-9-29-17-4-2-3-15(22)11-17/h2-4,11-12,19H,5-10,13H2,1H3,(H,24,25). The summed E-state index contributed by atoms with van der Waals surface area (Å²) in [6.07, 6.45) is 1.01. The van der Waals surface area contributed by atoms with E-state index in [0.29, 0.717) is 63.0 Å². The Morgan fingerprint density at radius 2 is 2.26 bits per heavy atom. The highest BCUT2D eigenvalue weighted by molar-refractivity contribution is 5.76. The molecule has 0 spiro atoms. The van der Waals surface area contributed by atoms with Crippen LogP contribution in [0.2, 0.25) is 0 Å². The molecule has 9 nitrogen and oxygen atoms in total. The van der Waals surface area contributed by atoms with Gasteiger partial charge in [-0.15, -0.1) is 0 Å². The van der Waals surface area contributed by atoms with Crippen LogP contribution in [0.3, 0.4) is 0 Å². The van der Waals surface area contributed by atoms with Gasteiger partial charge in [0.1, 0.15) is 17.7 Å². The van der Waals surface area contributed by atoms with Gasteiger partial charge in [-0.25, -0.2) is 4.39 Å². The Labute approximate surface area is 178 Å². The quantitative estimate of drug-likeness (QED) is 0.586. The number of rotatable bonds is 8. The van der Waals surface area contributed by atoms with Crippen LogP contribution in [-0.2, 0) is 22.4 Å². The van der Waals surface area contributed by atoms with Gasteiger partial charge in [0.25, 0.3) is 0 Å². The van der Waals surface area contributed by atoms with E-state index in [0.717, 1.165) is 11.4 Å². The molecule has 0 aliphatic carbocycles. The summed E-state index contributed by atoms with van der Waals surface area (Å²) < 4.78 is 29.7. The number of hydrogen-bond donors (Lipinski definition) is 1. The number of ether oxygens (including phenoxy) is 2. The molecular formula is C21H24FN5O4. The maximum atomic E-state index is 13.2. The van der Waals surface area contributed by atoms with Crippen molar-refractivity contribution in [2.45, 2.75) is 32.3 Å². The summed E-state index contributed by atoms with van der Waals surface area (Å²) in [5, 5.41) is 11.0. The van der Waals surface area contributed by atoms with E-state index in [1.807, 2.05) is 6.07 Å². The highest BCUT2D eigenvalue weighted by Crippen LogP contribution is 2.22. The smallest absolute Gasteiger partial charge is 0.227 e. The van der Waals surface area contributed by atoms with Gasteiger partial charge in [-0.3, -0.25) is 9.89 Å². The van der Waals surface area contributed by atoms with Crippen LogP contribution in [0, 0.1) is 12.7 Å². The Bertz CT molecular complexity index is 1020. The zero-order valence-electron chi connectivity index (χ0n) is 17.2. The van der Waals surface area contributed by atoms with E-state index in [4.69, 9.17) is 14.0 Å². The lowest BCUT2D eigenvalue weighted by Gasteiger charge is -2.32. The number of aryl methyl sites for hydroxylation is 2. The lowest BCUT2D eigenvalue weighted by Crippen LogP contribution is -2.42. The minimum Gasteiger partial charge on any atom is -0.493 e. The molecule has 0 saturated carbocycles. The molecular weight excluding hydrogens is 405 g/mol. The van der Waals surface area contributed by atoms with Gasteiger partial charge < -0.3 is 18.9 Å². The van der Waals surface area contributed by atoms with E-state index >= 15 is 0 Å². The van der Waals surface area contributed by atoms with Crippen LogP contribution in [0.1, 0.15) is 35.6 Å². The predicted molar refractivity (Wildman–Crippen MR) is 107 cm³/mol. The molecule has 1 aliphatic rings. The van der Waals surface area contributed by atoms with Crippen molar-refractivity contribution in [3.05, 3.63) is 59.3 Å². The maximum Gasteiger partial charge on any atom is 0.227 e. The van der Waals surface area contributed by atoms with Gasteiger partial charge in [0.2, 0.25) is 11.8 Å². The molecule has 164 valence electrons. The first kappa shape index (κ1) is 21.0. The van der Waals surface area contributed by atoms with Crippen LogP contribution < -0.4 is 4.74 Å². The molecule has 10 heteroatoms. The van der Waals surface area contributed by atoms with Crippen molar-refractivity contribution in [3.8, 4) is 5.75 Å². The molecule has 0 radical (unpaired) electrons. The Balaban J connectivity index is 1.26. The van der Waals surface area contributed by atoms with Crippen LogP contribution in [0.4, 0.5) is 4.39 Å². The highest BCUT2D eigenvalue weighted by Gasteiger charge is 2.27. The van der Waals surface area contributed by atoms with Gasteiger partial charge in [0.05, 0.1) is 25.5 Å². The predicted octanol–water partition coefficient (Wildman–Crippen LogP) is 2.39. The molecule has 31 heavy (non-hydrogen) atoms. The largest absolute Gasteiger partial charge is 0.493 e. The van der Waals surface area contributed by atoms with Crippen molar-refractivity contribution in [3.63, 3.8) is 0 Å². The third kappa shape index (κ3) is 5.66. The molecule has 3 heterocycles. The molecule has 4 rings (SSSR count). The number of H-pyrrole nitrogens is 1. The Hall–Kier alpha value is -3.27. The highest BCUT2D eigenvalue weighted by atomic mass is 19.1. The molecule has 1 unspecified atom stereocenters. The molecule has 1 aliphatic heterocycles. The van der Waals surface area contributed by atoms with Gasteiger partial charge in [-0.05, 0) is 25.1 Å². The fourth-order valence-electron chi connectivity index (χ4n) is 3.38. The molecule has 0 bridgehead atoms. The molecule has 1 amide bonds. The molecule has 1 saturated heterocycles. The van der Waals surface area contributed by atoms with Gasteiger partial charge >= 0.3 is 0 Å². The Kier molecular flexibility index (Phi) is 6.56. The van der Waals surface area contributed by atoms with Crippen LogP contribution in [0.25, 0.3) is 0 Å². The summed E-state index contributed by atoms with van der Waals surface area (Å²) in [6.45, 7) is 3.55. The van der Waals surface area contributed by atoms with E-state index < -0.39 is 0 Å². The van der Waals surface area contributed by atoms with E-state index in [2.05, 4.69) is 20.3 Å². The number of carbonyl (C=O) groups is 1. The van der Waals surface area contributed by atoms with Crippen LogP contribution in [-0.4, -0.2) is 57.4 Å². The first-order valence-corrected chi connectivity index (χ1v) is 10.2. The number of nitrogens with one attached hydrogen (secondary N) is 1. The number of hydrogen-bond acceptors (Lipinski definition) is 7. The second-order valence-corrected chi connectivity index (χ2v) is 7.31. The molecule has 1 aromatic carbocycles. The molecule has 1 N–H and O–H groups in total. The minimum atomic E-state index is -0.331. The van der Waals surface area contributed by atoms with Gasteiger partial charge in [0, 0.05) is 37.6 Å². The van der Waals surface area contributed by atoms with Crippen molar-refractivity contribution < 1.29 is 23.2 Å². The summed E-state index contributed by atoms with van der Waals surface area (Å²) >= 11 is 0. The molecule has 1 atom stereocenters. The number of benzene rings is 1. The summed E-state index contributed by atoms with van der Waals surface area (Å²) in [6, 6.07) is 7.95. The second kappa shape index (κ2) is 9.69. The first-order chi connectivity index (χ1) is 15.1. The number of aromatic nitrogens is 4. The fourth-order valence-corrected chi connectivity index (χ4v) is 3.38. The van der Waals surface area contributed by atoms with Crippen molar-refractivity contribution >= 4 is 5.91 Å². The number of carbonyl (C=O) groups excluding carboxylic acids is 1. The second-order valence-electron chi connectivity index (χ2n) is 7.31. The van der Waals surface area contributed by atoms with Gasteiger partial charge in [-0.1, -0.05) is 11.2 Å². The fraction of sp³-hybridized carbons (Fsp3) is 0.429. The number of nitrogens with zero attached hydrogens (tertiary/aromatic N) is 4. The topological polar surface area (TPSA) is 106 Å². The number of amides is 1. The third-order valence-electron chi connectivity index (χ3n) is 4.96.